The summed E-state index contributed by atoms with van der Waals surface area (Å²) in [5, 5.41) is 23.7. The van der Waals surface area contributed by atoms with Gasteiger partial charge in [-0.05, 0) is 336 Å². The van der Waals surface area contributed by atoms with E-state index in [2.05, 4.69) is 89.9 Å². The molecule has 0 unspecified atom stereocenters. The summed E-state index contributed by atoms with van der Waals surface area (Å²) in [5.41, 5.74) is 17.1. The standard InChI is InChI=1S/2C61H40N4O4/c1-5-41-9-33-53(34-10-41)62-57(66)45-17-25-49(26-18-45)61(50-27-19-46(20-28-50)58(67)63-54-35-11-42(6-2)12-36-54,51-29-21-47(22-30-51)59(68)64-55-37-13-43(7-3)14-38-55)52-31-23-48(24-32-52)60(69)65-56-39-15-44(8-4)16-40-56;1-5-41-9-17-45(18-10-41)57(66)62-53-33-25-49(26-34-53)61(50-27-35-54(36-28-50)63-58(67)46-19-11-42(6-2)12-20-46,51-29-37-55(38-30-51)64-59(68)47-21-13-43(7-3)14-22-47)52-31-39-56(40-32-52)65-60(69)48-23-15-44(8-4)16-24-48/h2*1-4,9-40H,(H,62,66)(H,63,67)(H,64,68)(H,65,69). The molecule has 0 atom stereocenters. The van der Waals surface area contributed by atoms with Gasteiger partial charge in [0.15, 0.2) is 0 Å². The van der Waals surface area contributed by atoms with Crippen LogP contribution in [0.5, 0.6) is 0 Å². The van der Waals surface area contributed by atoms with Crippen LogP contribution in [0.4, 0.5) is 45.5 Å². The van der Waals surface area contributed by atoms with Crippen molar-refractivity contribution < 1.29 is 38.4 Å². The summed E-state index contributed by atoms with van der Waals surface area (Å²) >= 11 is 0. The lowest BCUT2D eigenvalue weighted by molar-refractivity contribution is 0.101. The SMILES string of the molecule is C#Cc1ccc(C(=O)Nc2ccc(C(c3ccc(NC(=O)c4ccc(C#C)cc4)cc3)(c3ccc(NC(=O)c4ccc(C#C)cc4)cc3)c3ccc(NC(=O)c4ccc(C#C)cc4)cc3)cc2)cc1.C#Cc1ccc(NC(=O)c2ccc(C(c3ccc(C(=O)Nc4ccc(C#C)cc4)cc3)(c3ccc(C(=O)Nc4ccc(C#C)cc4)cc3)c3ccc(C(=O)Nc4ccc(C#C)cc4)cc3)cc2)cc1. The van der Waals surface area contributed by atoms with E-state index >= 15 is 0 Å². The molecule has 0 saturated heterocycles. The van der Waals surface area contributed by atoms with Crippen LogP contribution in [-0.2, 0) is 10.8 Å². The second kappa shape index (κ2) is 42.5. The van der Waals surface area contributed by atoms with E-state index in [1.54, 1.807) is 243 Å². The van der Waals surface area contributed by atoms with Gasteiger partial charge >= 0.3 is 0 Å². The molecule has 0 heterocycles. The van der Waals surface area contributed by atoms with E-state index < -0.39 is 10.8 Å². The van der Waals surface area contributed by atoms with Crippen molar-refractivity contribution >= 4 is 92.8 Å². The smallest absolute Gasteiger partial charge is 0.255 e. The Kier molecular flexibility index (Phi) is 28.5. The molecule has 8 amide bonds. The molecular weight excluding hydrogens is 1710 g/mol. The quantitative estimate of drug-likeness (QED) is 0.0214. The zero-order chi connectivity index (χ0) is 96.7. The molecule has 0 saturated carbocycles. The minimum atomic E-state index is -1.17. The second-order valence-electron chi connectivity index (χ2n) is 31.5. The van der Waals surface area contributed by atoms with E-state index in [9.17, 15) is 38.4 Å². The van der Waals surface area contributed by atoms with E-state index in [4.69, 9.17) is 51.4 Å². The number of carbonyl (C=O) groups excluding carboxylic acids is 8. The highest BCUT2D eigenvalue weighted by Gasteiger charge is 2.41. The third-order valence-corrected chi connectivity index (χ3v) is 23.1. The molecule has 0 fully saturated rings. The van der Waals surface area contributed by atoms with Gasteiger partial charge in [0.25, 0.3) is 47.3 Å². The molecule has 0 bridgehead atoms. The van der Waals surface area contributed by atoms with Gasteiger partial charge in [-0.2, -0.15) is 0 Å². The van der Waals surface area contributed by atoms with Crippen molar-refractivity contribution in [3.05, 3.63) is 522 Å². The normalized spacial score (nSPS) is 10.5. The first-order chi connectivity index (χ1) is 67.2. The fourth-order valence-corrected chi connectivity index (χ4v) is 15.8. The highest BCUT2D eigenvalue weighted by atomic mass is 16.2. The van der Waals surface area contributed by atoms with Crippen LogP contribution in [0.1, 0.15) is 172 Å². The Hall–Kier alpha value is -20.2. The first-order valence-electron chi connectivity index (χ1n) is 43.1. The molecule has 16 aromatic rings. The number of hydrogen-bond donors (Lipinski definition) is 8. The van der Waals surface area contributed by atoms with Gasteiger partial charge in [-0.1, -0.05) is 144 Å². The van der Waals surface area contributed by atoms with E-state index in [-0.39, 0.29) is 47.3 Å². The summed E-state index contributed by atoms with van der Waals surface area (Å²) in [6, 6.07) is 114. The predicted octanol–water partition coefficient (Wildman–Crippen LogP) is 22.0. The van der Waals surface area contributed by atoms with Crippen LogP contribution in [0.25, 0.3) is 0 Å². The van der Waals surface area contributed by atoms with Crippen LogP contribution in [0.15, 0.2) is 388 Å². The van der Waals surface area contributed by atoms with E-state index in [0.717, 1.165) is 44.5 Å². The largest absolute Gasteiger partial charge is 0.322 e. The molecule has 0 aliphatic carbocycles. The van der Waals surface area contributed by atoms with Crippen molar-refractivity contribution in [2.45, 2.75) is 10.8 Å². The Morgan fingerprint density at radius 1 is 0.138 bits per heavy atom. The van der Waals surface area contributed by atoms with Crippen LogP contribution >= 0.6 is 0 Å². The van der Waals surface area contributed by atoms with Crippen molar-refractivity contribution in [1.82, 2.24) is 0 Å². The van der Waals surface area contributed by atoms with Crippen LogP contribution in [0.2, 0.25) is 0 Å². The monoisotopic (exact) mass is 1780 g/mol. The van der Waals surface area contributed by atoms with Gasteiger partial charge < -0.3 is 42.5 Å². The average molecular weight is 1790 g/mol. The Morgan fingerprint density at radius 3 is 0.333 bits per heavy atom. The molecule has 0 aliphatic heterocycles. The van der Waals surface area contributed by atoms with E-state index in [1.165, 1.54) is 0 Å². The lowest BCUT2D eigenvalue weighted by Gasteiger charge is -2.37. The number of carbonyl (C=O) groups is 8. The van der Waals surface area contributed by atoms with Crippen molar-refractivity contribution in [2.75, 3.05) is 42.5 Å². The van der Waals surface area contributed by atoms with Gasteiger partial charge in [-0.25, -0.2) is 0 Å². The van der Waals surface area contributed by atoms with Crippen molar-refractivity contribution in [3.8, 4) is 98.8 Å². The zero-order valence-electron chi connectivity index (χ0n) is 73.8. The van der Waals surface area contributed by atoms with Gasteiger partial charge in [0, 0.05) is 135 Å². The van der Waals surface area contributed by atoms with E-state index in [1.807, 2.05) is 146 Å². The molecule has 656 valence electrons. The second-order valence-corrected chi connectivity index (χ2v) is 31.5. The maximum Gasteiger partial charge on any atom is 0.255 e. The molecular formula is C122H80N8O8. The van der Waals surface area contributed by atoms with Gasteiger partial charge in [0.05, 0.1) is 10.8 Å². The van der Waals surface area contributed by atoms with Crippen molar-refractivity contribution in [1.29, 1.82) is 0 Å². The first kappa shape index (κ1) is 92.5. The Balaban J connectivity index is 0.000000209. The number of nitrogens with one attached hydrogen (secondary N) is 8. The summed E-state index contributed by atoms with van der Waals surface area (Å²) < 4.78 is 0. The molecule has 0 aromatic heterocycles. The van der Waals surface area contributed by atoms with Crippen molar-refractivity contribution in [2.24, 2.45) is 0 Å². The summed E-state index contributed by atoms with van der Waals surface area (Å²) in [7, 11) is 0. The fourth-order valence-electron chi connectivity index (χ4n) is 15.8. The molecule has 16 heteroatoms. The predicted molar refractivity (Wildman–Crippen MR) is 548 cm³/mol. The highest BCUT2D eigenvalue weighted by molar-refractivity contribution is 6.09. The van der Waals surface area contributed by atoms with Crippen LogP contribution < -0.4 is 42.5 Å². The molecule has 138 heavy (non-hydrogen) atoms. The minimum Gasteiger partial charge on any atom is -0.322 e. The topological polar surface area (TPSA) is 233 Å². The van der Waals surface area contributed by atoms with Gasteiger partial charge in [0.2, 0.25) is 0 Å². The molecule has 16 aromatic carbocycles. The average Bonchev–Trinajstić information content (AvgIpc) is 0.733. The van der Waals surface area contributed by atoms with Crippen LogP contribution in [0.3, 0.4) is 0 Å². The fraction of sp³-hybridized carbons (Fsp3) is 0.0164. The number of amides is 8. The molecule has 0 radical (unpaired) electrons. The van der Waals surface area contributed by atoms with Gasteiger partial charge in [0.1, 0.15) is 0 Å². The van der Waals surface area contributed by atoms with Gasteiger partial charge in [-0.15, -0.1) is 51.4 Å². The number of anilines is 8. The number of terminal acetylenes is 8. The number of rotatable bonds is 24. The molecule has 0 aliphatic rings. The third kappa shape index (κ3) is 21.3. The Morgan fingerprint density at radius 2 is 0.225 bits per heavy atom. The molecule has 16 rings (SSSR count). The maximum absolute atomic E-state index is 13.6. The summed E-state index contributed by atoms with van der Waals surface area (Å²) in [6.45, 7) is 0. The summed E-state index contributed by atoms with van der Waals surface area (Å²) in [4.78, 5) is 108. The zero-order valence-corrected chi connectivity index (χ0v) is 73.8. The van der Waals surface area contributed by atoms with Crippen LogP contribution in [0, 0.1) is 98.8 Å². The first-order valence-corrected chi connectivity index (χ1v) is 43.1. The summed E-state index contributed by atoms with van der Waals surface area (Å²) in [6.07, 6.45) is 44.2. The number of hydrogen-bond acceptors (Lipinski definition) is 8. The lowest BCUT2D eigenvalue weighted by Crippen LogP contribution is -2.31. The summed E-state index contributed by atoms with van der Waals surface area (Å²) in [5.74, 6) is 18.0. The number of benzene rings is 16. The minimum absolute atomic E-state index is 0.309. The van der Waals surface area contributed by atoms with Gasteiger partial charge in [-0.3, -0.25) is 38.4 Å². The lowest BCUT2D eigenvalue weighted by atomic mass is 9.64. The van der Waals surface area contributed by atoms with Crippen LogP contribution in [-0.4, -0.2) is 47.3 Å². The Bertz CT molecular complexity index is 6730. The molecule has 0 spiro atoms. The Labute approximate surface area is 799 Å². The van der Waals surface area contributed by atoms with Crippen molar-refractivity contribution in [3.63, 3.8) is 0 Å². The molecule has 8 N–H and O–H groups in total. The highest BCUT2D eigenvalue weighted by Crippen LogP contribution is 2.49. The maximum atomic E-state index is 13.6. The van der Waals surface area contributed by atoms with E-state index in [0.29, 0.717) is 135 Å². The molecule has 16 nitrogen and oxygen atoms in total. The third-order valence-electron chi connectivity index (χ3n) is 23.1.